The average molecular weight is 695 g/mol. The van der Waals surface area contributed by atoms with E-state index in [1.807, 2.05) is 24.3 Å². The minimum atomic E-state index is 0.199. The largest absolute Gasteiger partial charge is 0.228 e. The van der Waals surface area contributed by atoms with Gasteiger partial charge in [-0.3, -0.25) is 0 Å². The van der Waals surface area contributed by atoms with Crippen molar-refractivity contribution in [3.8, 4) is 67.3 Å². The molecule has 7 aromatic rings. The Kier molecular flexibility index (Phi) is 8.25. The van der Waals surface area contributed by atoms with Crippen molar-refractivity contribution in [2.45, 2.75) is 50.4 Å². The first kappa shape index (κ1) is 32.5. The zero-order chi connectivity index (χ0) is 35.9. The molecule has 54 heavy (non-hydrogen) atoms. The molecule has 0 amide bonds. The van der Waals surface area contributed by atoms with Crippen molar-refractivity contribution in [3.63, 3.8) is 0 Å². The molecule has 260 valence electrons. The summed E-state index contributed by atoms with van der Waals surface area (Å²) < 4.78 is 0. The Bertz CT molecular complexity index is 2500. The second-order valence-corrected chi connectivity index (χ2v) is 15.1. The van der Waals surface area contributed by atoms with E-state index in [1.165, 1.54) is 71.1 Å². The molecule has 0 radical (unpaired) electrons. The van der Waals surface area contributed by atoms with E-state index < -0.39 is 0 Å². The zero-order valence-corrected chi connectivity index (χ0v) is 30.5. The first-order valence-corrected chi connectivity index (χ1v) is 19.6. The van der Waals surface area contributed by atoms with Gasteiger partial charge in [0.15, 0.2) is 5.82 Å². The van der Waals surface area contributed by atoms with Crippen LogP contribution in [0.25, 0.3) is 72.9 Å². The van der Waals surface area contributed by atoms with E-state index in [2.05, 4.69) is 146 Å². The highest BCUT2D eigenvalue weighted by Crippen LogP contribution is 2.58. The summed E-state index contributed by atoms with van der Waals surface area (Å²) >= 11 is 0. The quantitative estimate of drug-likeness (QED) is 0.173. The molecule has 2 nitrogen and oxygen atoms in total. The summed E-state index contributed by atoms with van der Waals surface area (Å²) in [6, 6.07) is 56.9. The lowest BCUT2D eigenvalue weighted by atomic mass is 9.67. The van der Waals surface area contributed by atoms with Crippen LogP contribution in [0.15, 0.2) is 175 Å². The van der Waals surface area contributed by atoms with Gasteiger partial charge in [0, 0.05) is 22.1 Å². The molecule has 3 aliphatic rings. The summed E-state index contributed by atoms with van der Waals surface area (Å²) in [6.07, 6.45) is 13.9. The van der Waals surface area contributed by atoms with Crippen molar-refractivity contribution in [2.75, 3.05) is 0 Å². The highest BCUT2D eigenvalue weighted by atomic mass is 14.9. The van der Waals surface area contributed by atoms with Gasteiger partial charge in [-0.25, -0.2) is 9.97 Å². The van der Waals surface area contributed by atoms with Crippen LogP contribution in [0, 0.1) is 0 Å². The first-order valence-electron chi connectivity index (χ1n) is 19.6. The number of nitrogens with zero attached hydrogens (tertiary/aromatic N) is 2. The van der Waals surface area contributed by atoms with Crippen LogP contribution in [-0.2, 0) is 5.41 Å². The third-order valence-electron chi connectivity index (χ3n) is 11.9. The molecule has 0 unspecified atom stereocenters. The van der Waals surface area contributed by atoms with Gasteiger partial charge >= 0.3 is 0 Å². The van der Waals surface area contributed by atoms with E-state index in [1.54, 1.807) is 11.1 Å². The lowest BCUT2D eigenvalue weighted by Crippen LogP contribution is -2.28. The number of aromatic nitrogens is 2. The Balaban J connectivity index is 1.12. The number of rotatable bonds is 6. The van der Waals surface area contributed by atoms with E-state index in [4.69, 9.17) is 9.97 Å². The number of hydrogen-bond acceptors (Lipinski definition) is 2. The minimum Gasteiger partial charge on any atom is -0.228 e. The van der Waals surface area contributed by atoms with Crippen molar-refractivity contribution in [1.82, 2.24) is 9.97 Å². The molecule has 0 saturated heterocycles. The number of hydrogen-bond donors (Lipinski definition) is 0. The SMILES string of the molecule is C1=C2C(=CCC1)C1(CCCCC1)c1ccc(-c3cccc(-c4cccc(-c5cc(-c6ccccc6)nc(-c6ccccc6)n5)c4)c3-c3ccccc3)cc12. The van der Waals surface area contributed by atoms with Gasteiger partial charge in [-0.2, -0.15) is 0 Å². The molecule has 0 atom stereocenters. The van der Waals surface area contributed by atoms with Crippen molar-refractivity contribution in [2.24, 2.45) is 0 Å². The molecular weight excluding hydrogens is 653 g/mol. The molecule has 1 aromatic heterocycles. The topological polar surface area (TPSA) is 25.8 Å². The highest BCUT2D eigenvalue weighted by Gasteiger charge is 2.46. The molecule has 1 heterocycles. The molecule has 0 N–H and O–H groups in total. The van der Waals surface area contributed by atoms with E-state index in [-0.39, 0.29) is 5.41 Å². The van der Waals surface area contributed by atoms with Crippen LogP contribution >= 0.6 is 0 Å². The fourth-order valence-corrected chi connectivity index (χ4v) is 9.44. The number of fused-ring (bicyclic) bond motifs is 5. The molecule has 1 fully saturated rings. The fourth-order valence-electron chi connectivity index (χ4n) is 9.44. The predicted octanol–water partition coefficient (Wildman–Crippen LogP) is 13.8. The van der Waals surface area contributed by atoms with E-state index in [0.717, 1.165) is 52.3 Å². The maximum absolute atomic E-state index is 5.16. The van der Waals surface area contributed by atoms with Gasteiger partial charge in [0.25, 0.3) is 0 Å². The third-order valence-corrected chi connectivity index (χ3v) is 11.9. The first-order chi connectivity index (χ1) is 26.7. The summed E-state index contributed by atoms with van der Waals surface area (Å²) in [5, 5.41) is 0. The molecule has 3 aliphatic carbocycles. The van der Waals surface area contributed by atoms with Crippen molar-refractivity contribution < 1.29 is 0 Å². The van der Waals surface area contributed by atoms with Crippen LogP contribution in [-0.4, -0.2) is 9.97 Å². The van der Waals surface area contributed by atoms with Gasteiger partial charge in [-0.05, 0) is 99.5 Å². The molecule has 10 rings (SSSR count). The fraction of sp³-hybridized carbons (Fsp3) is 0.154. The highest BCUT2D eigenvalue weighted by molar-refractivity contribution is 5.98. The maximum atomic E-state index is 5.16. The molecular formula is C52H42N2. The van der Waals surface area contributed by atoms with Gasteiger partial charge in [-0.1, -0.05) is 171 Å². The summed E-state index contributed by atoms with van der Waals surface area (Å²) in [7, 11) is 0. The van der Waals surface area contributed by atoms with Crippen LogP contribution < -0.4 is 0 Å². The monoisotopic (exact) mass is 694 g/mol. The van der Waals surface area contributed by atoms with E-state index in [9.17, 15) is 0 Å². The lowest BCUT2D eigenvalue weighted by Gasteiger charge is -2.37. The van der Waals surface area contributed by atoms with E-state index >= 15 is 0 Å². The number of allylic oxidation sites excluding steroid dienone is 4. The maximum Gasteiger partial charge on any atom is 0.160 e. The van der Waals surface area contributed by atoms with Crippen LogP contribution in [0.3, 0.4) is 0 Å². The van der Waals surface area contributed by atoms with Crippen LogP contribution in [0.2, 0.25) is 0 Å². The van der Waals surface area contributed by atoms with Gasteiger partial charge < -0.3 is 0 Å². The van der Waals surface area contributed by atoms with E-state index in [0.29, 0.717) is 0 Å². The summed E-state index contributed by atoms with van der Waals surface area (Å²) in [4.78, 5) is 10.2. The third kappa shape index (κ3) is 5.65. The van der Waals surface area contributed by atoms with Gasteiger partial charge in [0.1, 0.15) is 0 Å². The van der Waals surface area contributed by atoms with Gasteiger partial charge in [-0.15, -0.1) is 0 Å². The molecule has 0 aliphatic heterocycles. The van der Waals surface area contributed by atoms with Crippen molar-refractivity contribution in [1.29, 1.82) is 0 Å². The normalized spacial score (nSPS) is 15.6. The van der Waals surface area contributed by atoms with Crippen molar-refractivity contribution in [3.05, 3.63) is 187 Å². The standard InChI is InChI=1S/C52H42N2/c1-5-17-36(18-6-1)48-35-49(54-51(53-48)38-21-9-3-10-22-38)41-24-15-23-39(33-41)42-26-16-27-43(50(42)37-19-7-2-8-20-37)40-29-30-47-45(34-40)44-25-11-12-28-46(44)52(47)31-13-4-14-32-52/h1-3,5-10,15-30,33-35H,4,11-14,31-32H2. The Morgan fingerprint density at radius 3 is 1.70 bits per heavy atom. The lowest BCUT2D eigenvalue weighted by molar-refractivity contribution is 0.352. The summed E-state index contributed by atoms with van der Waals surface area (Å²) in [5.41, 5.74) is 18.7. The van der Waals surface area contributed by atoms with Crippen molar-refractivity contribution >= 4 is 5.57 Å². The predicted molar refractivity (Wildman–Crippen MR) is 225 cm³/mol. The molecule has 1 saturated carbocycles. The number of benzene rings is 6. The smallest absolute Gasteiger partial charge is 0.160 e. The van der Waals surface area contributed by atoms with Crippen LogP contribution in [0.5, 0.6) is 0 Å². The molecule has 6 aromatic carbocycles. The average Bonchev–Trinajstić information content (AvgIpc) is 3.52. The molecule has 2 heteroatoms. The van der Waals surface area contributed by atoms with Gasteiger partial charge in [0.2, 0.25) is 0 Å². The minimum absolute atomic E-state index is 0.199. The Hall–Kier alpha value is -6.12. The Morgan fingerprint density at radius 2 is 0.981 bits per heavy atom. The Morgan fingerprint density at radius 1 is 0.407 bits per heavy atom. The van der Waals surface area contributed by atoms with Gasteiger partial charge in [0.05, 0.1) is 11.4 Å². The summed E-state index contributed by atoms with van der Waals surface area (Å²) in [5.74, 6) is 0.724. The molecule has 0 bridgehead atoms. The summed E-state index contributed by atoms with van der Waals surface area (Å²) in [6.45, 7) is 0. The second-order valence-electron chi connectivity index (χ2n) is 15.1. The van der Waals surface area contributed by atoms with Crippen LogP contribution in [0.1, 0.15) is 56.1 Å². The second kappa shape index (κ2) is 13.7. The zero-order valence-electron chi connectivity index (χ0n) is 30.5. The van der Waals surface area contributed by atoms with Crippen LogP contribution in [0.4, 0.5) is 0 Å². The molecule has 1 spiro atoms. The Labute approximate surface area is 318 Å².